The molecule has 12 amide bonds. The number of thioether (sulfide) groups is 1. The van der Waals surface area contributed by atoms with Gasteiger partial charge in [0, 0.05) is 12.8 Å². The number of aliphatic carboxylic acids is 2. The zero-order valence-electron chi connectivity index (χ0n) is 48.0. The highest BCUT2D eigenvalue weighted by Crippen LogP contribution is 2.14. The van der Waals surface area contributed by atoms with Crippen LogP contribution in [-0.2, 0) is 73.5 Å². The highest BCUT2D eigenvalue weighted by Gasteiger charge is 2.37. The number of carbonyl (C=O) groups excluding carboxylic acids is 12. The lowest BCUT2D eigenvalue weighted by Crippen LogP contribution is -2.62. The Morgan fingerprint density at radius 3 is 1.26 bits per heavy atom. The summed E-state index contributed by atoms with van der Waals surface area (Å²) in [4.78, 5) is 182. The van der Waals surface area contributed by atoms with Crippen molar-refractivity contribution < 1.29 is 103 Å². The Morgan fingerprint density at radius 2 is 0.860 bits per heavy atom. The van der Waals surface area contributed by atoms with Gasteiger partial charge >= 0.3 is 11.9 Å². The topological polar surface area (TPSA) is 579 Å². The van der Waals surface area contributed by atoms with Gasteiger partial charge in [-0.3, -0.25) is 62.3 Å². The predicted octanol–water partition coefficient (Wildman–Crippen LogP) is -8.38. The summed E-state index contributed by atoms with van der Waals surface area (Å²) in [5.74, 6) is -17.8. The van der Waals surface area contributed by atoms with Gasteiger partial charge in [-0.2, -0.15) is 11.8 Å². The van der Waals surface area contributed by atoms with Crippen molar-refractivity contribution in [2.24, 2.45) is 29.0 Å². The van der Waals surface area contributed by atoms with E-state index in [1.807, 2.05) is 10.6 Å². The van der Waals surface area contributed by atoms with Crippen molar-refractivity contribution in [3.05, 3.63) is 29.8 Å². The first-order chi connectivity index (χ1) is 40.4. The number of carboxylic acid groups (broad SMARTS) is 2. The van der Waals surface area contributed by atoms with Gasteiger partial charge in [0.15, 0.2) is 0 Å². The van der Waals surface area contributed by atoms with Crippen LogP contribution in [0.5, 0.6) is 5.75 Å². The van der Waals surface area contributed by atoms with Gasteiger partial charge in [-0.25, -0.2) is 4.79 Å². The molecule has 0 aliphatic carbocycles. The molecule has 0 heterocycles. The van der Waals surface area contributed by atoms with E-state index in [4.69, 9.17) is 17.2 Å². The molecule has 0 saturated heterocycles. The second kappa shape index (κ2) is 38.6. The van der Waals surface area contributed by atoms with E-state index < -0.39 is 207 Å². The second-order valence-corrected chi connectivity index (χ2v) is 21.1. The van der Waals surface area contributed by atoms with Gasteiger partial charge in [-0.15, -0.1) is 0 Å². The van der Waals surface area contributed by atoms with Crippen molar-refractivity contribution in [2.45, 2.75) is 146 Å². The summed E-state index contributed by atoms with van der Waals surface area (Å²) in [5, 5.41) is 91.8. The highest BCUT2D eigenvalue weighted by atomic mass is 32.2. The number of phenols is 1. The monoisotopic (exact) mass is 1240 g/mol. The van der Waals surface area contributed by atoms with E-state index >= 15 is 0 Å². The molecule has 0 saturated carbocycles. The molecule has 0 bridgehead atoms. The Balaban J connectivity index is 3.35. The van der Waals surface area contributed by atoms with Gasteiger partial charge in [-0.05, 0) is 60.8 Å². The number of hydrogen-bond acceptors (Lipinski definition) is 21. The van der Waals surface area contributed by atoms with E-state index in [1.165, 1.54) is 36.0 Å². The largest absolute Gasteiger partial charge is 0.508 e. The third kappa shape index (κ3) is 27.2. The van der Waals surface area contributed by atoms with Gasteiger partial charge in [0.25, 0.3) is 0 Å². The van der Waals surface area contributed by atoms with Crippen LogP contribution in [0.15, 0.2) is 24.3 Å². The smallest absolute Gasteiger partial charge is 0.326 e. The molecule has 0 aromatic heterocycles. The van der Waals surface area contributed by atoms with Crippen LogP contribution in [-0.4, -0.2) is 223 Å². The van der Waals surface area contributed by atoms with Crippen LogP contribution in [0.2, 0.25) is 0 Å². The number of amides is 12. The molecule has 0 aliphatic heterocycles. The van der Waals surface area contributed by atoms with Gasteiger partial charge < -0.3 is 106 Å². The van der Waals surface area contributed by atoms with E-state index in [2.05, 4.69) is 42.5 Å². The number of carboxylic acids is 2. The summed E-state index contributed by atoms with van der Waals surface area (Å²) >= 11 is 1.28. The van der Waals surface area contributed by atoms with Crippen molar-refractivity contribution >= 4 is 94.6 Å². The number of aromatic hydroxyl groups is 1. The molecule has 86 heavy (non-hydrogen) atoms. The van der Waals surface area contributed by atoms with E-state index in [0.29, 0.717) is 6.42 Å². The summed E-state index contributed by atoms with van der Waals surface area (Å²) in [6.07, 6.45) is -1.23. The minimum atomic E-state index is -2.10. The van der Waals surface area contributed by atoms with E-state index in [0.717, 1.165) is 0 Å². The van der Waals surface area contributed by atoms with Gasteiger partial charge in [0.2, 0.25) is 70.9 Å². The molecule has 0 unspecified atom stereocenters. The van der Waals surface area contributed by atoms with E-state index in [9.17, 15) is 103 Å². The quantitative estimate of drug-likeness (QED) is 0.0289. The Kier molecular flexibility index (Phi) is 34.0. The van der Waals surface area contributed by atoms with Gasteiger partial charge in [0.1, 0.15) is 66.2 Å². The number of aliphatic hydroxyl groups excluding tert-OH is 4. The highest BCUT2D eigenvalue weighted by molar-refractivity contribution is 7.98. The zero-order chi connectivity index (χ0) is 65.5. The average Bonchev–Trinajstić information content (AvgIpc) is 3.50. The zero-order valence-corrected chi connectivity index (χ0v) is 48.8. The lowest BCUT2D eigenvalue weighted by Gasteiger charge is -2.28. The first-order valence-corrected chi connectivity index (χ1v) is 28.3. The van der Waals surface area contributed by atoms with Crippen LogP contribution in [0, 0.1) is 11.8 Å². The number of nitrogens with one attached hydrogen (secondary N) is 10. The lowest BCUT2D eigenvalue weighted by molar-refractivity contribution is -0.144. The maximum atomic E-state index is 13.9. The minimum Gasteiger partial charge on any atom is -0.508 e. The Bertz CT molecular complexity index is 2530. The molecule has 1 rings (SSSR count). The molecule has 1 aromatic rings. The summed E-state index contributed by atoms with van der Waals surface area (Å²) in [7, 11) is 0. The first kappa shape index (κ1) is 75.8. The van der Waals surface area contributed by atoms with Gasteiger partial charge in [-0.1, -0.05) is 46.2 Å². The average molecular weight is 1240 g/mol. The number of aliphatic hydroxyl groups is 4. The fourth-order valence-electron chi connectivity index (χ4n) is 7.68. The van der Waals surface area contributed by atoms with Crippen molar-refractivity contribution in [1.29, 1.82) is 0 Å². The molecule has 482 valence electrons. The van der Waals surface area contributed by atoms with E-state index in [1.54, 1.807) is 34.0 Å². The molecule has 0 fully saturated rings. The Morgan fingerprint density at radius 1 is 0.488 bits per heavy atom. The van der Waals surface area contributed by atoms with Crippen molar-refractivity contribution in [3.63, 3.8) is 0 Å². The first-order valence-electron chi connectivity index (χ1n) is 26.9. The Hall–Kier alpha value is -8.25. The number of nitrogens with two attached hydrogens (primary N) is 3. The number of carbonyl (C=O) groups is 14. The maximum absolute atomic E-state index is 13.9. The summed E-state index contributed by atoms with van der Waals surface area (Å²) in [6.45, 7) is 1.80. The molecule has 12 atom stereocenters. The fraction of sp³-hybridized carbons (Fsp3) is 0.608. The second-order valence-electron chi connectivity index (χ2n) is 20.2. The van der Waals surface area contributed by atoms with Crippen LogP contribution in [0.1, 0.15) is 78.2 Å². The predicted molar refractivity (Wildman–Crippen MR) is 301 cm³/mol. The number of rotatable bonds is 41. The standard InChI is InChI=1S/C51H81N13O21S/c1-6-24(4)40(51(84)85)64-42(75)28(13-14-86-5)55-45(78)31(17-38(54)71)58-49(82)34(20-66)61-43(76)29(15-23(2)3)56-48(81)35(21-67)63-50(83)36(22-68)62-46(79)32(18-39(72)73)59-44(77)30(16-25-7-9-26(69)10-8-25)57-47(80)33(19-65)60-41(74)27(52)11-12-37(53)70/h7-10,23-24,27-36,40,65-69H,6,11-22,52H2,1-5H3,(H2,53,70)(H2,54,71)(H,55,78)(H,56,81)(H,57,80)(H,58,82)(H,59,77)(H,60,74)(H,61,76)(H,62,79)(H,63,83)(H,64,75)(H,72,73)(H,84,85)/t24-,27-,28-,29-,30-,31-,32-,33-,34-,35-,36-,40-/m0/s1. The SMILES string of the molecule is CC[C@H](C)[C@H](NC(=O)[C@H](CCSC)NC(=O)[C@H](CC(N)=O)NC(=O)[C@H](CO)NC(=O)[C@H](CC(C)C)NC(=O)[C@H](CO)NC(=O)[C@H](CO)NC(=O)[C@H](CC(=O)O)NC(=O)[C@H](Cc1ccc(O)cc1)NC(=O)[C@H](CO)NC(=O)[C@@H](N)CCC(N)=O)C(=O)O. The number of benzene rings is 1. The molecular formula is C51H81N13O21S. The molecule has 23 N–H and O–H groups in total. The van der Waals surface area contributed by atoms with Crippen molar-refractivity contribution in [1.82, 2.24) is 53.2 Å². The third-order valence-electron chi connectivity index (χ3n) is 12.7. The number of phenolic OH excluding ortho intramolecular Hbond substituents is 1. The molecule has 35 heteroatoms. The molecular weight excluding hydrogens is 1160 g/mol. The van der Waals surface area contributed by atoms with Crippen molar-refractivity contribution in [2.75, 3.05) is 38.4 Å². The van der Waals surface area contributed by atoms with Crippen LogP contribution < -0.4 is 70.4 Å². The summed E-state index contributed by atoms with van der Waals surface area (Å²) in [5.41, 5.74) is 16.5. The van der Waals surface area contributed by atoms with Crippen LogP contribution >= 0.6 is 11.8 Å². The summed E-state index contributed by atoms with van der Waals surface area (Å²) in [6, 6.07) is -14.0. The maximum Gasteiger partial charge on any atom is 0.326 e. The third-order valence-corrected chi connectivity index (χ3v) is 13.4. The molecule has 0 spiro atoms. The Labute approximate surface area is 497 Å². The van der Waals surface area contributed by atoms with Crippen LogP contribution in [0.3, 0.4) is 0 Å². The van der Waals surface area contributed by atoms with Gasteiger partial charge in [0.05, 0.1) is 45.3 Å². The molecule has 1 aromatic carbocycles. The van der Waals surface area contributed by atoms with Crippen LogP contribution in [0.25, 0.3) is 0 Å². The number of primary amides is 2. The van der Waals surface area contributed by atoms with E-state index in [-0.39, 0.29) is 42.7 Å². The normalized spacial score (nSPS) is 15.2. The minimum absolute atomic E-state index is 0.0319. The molecule has 0 aliphatic rings. The lowest BCUT2D eigenvalue weighted by atomic mass is 9.98. The number of hydrogen-bond donors (Lipinski definition) is 20. The summed E-state index contributed by atoms with van der Waals surface area (Å²) < 4.78 is 0. The molecule has 34 nitrogen and oxygen atoms in total. The molecule has 0 radical (unpaired) electrons. The van der Waals surface area contributed by atoms with Crippen molar-refractivity contribution in [3.8, 4) is 5.75 Å². The van der Waals surface area contributed by atoms with Crippen LogP contribution in [0.4, 0.5) is 0 Å². The fourth-order valence-corrected chi connectivity index (χ4v) is 8.15.